The van der Waals surface area contributed by atoms with Gasteiger partial charge in [0.05, 0.1) is 6.10 Å². The molecule has 1 aromatic heterocycles. The summed E-state index contributed by atoms with van der Waals surface area (Å²) in [5.41, 5.74) is 6.25. The van der Waals surface area contributed by atoms with Gasteiger partial charge < -0.3 is 15.4 Å². The van der Waals surface area contributed by atoms with Crippen LogP contribution in [0.15, 0.2) is 18.5 Å². The fourth-order valence-electron chi connectivity index (χ4n) is 3.58. The van der Waals surface area contributed by atoms with Gasteiger partial charge >= 0.3 is 0 Å². The Labute approximate surface area is 126 Å². The molecule has 6 heteroatoms. The summed E-state index contributed by atoms with van der Waals surface area (Å²) < 4.78 is 5.70. The molecular weight excluding hydrogens is 266 g/mol. The Bertz CT molecular complexity index is 449. The van der Waals surface area contributed by atoms with E-state index in [9.17, 15) is 0 Å². The minimum atomic E-state index is 0.112. The van der Waals surface area contributed by atoms with Crippen LogP contribution in [0.4, 0.5) is 5.95 Å². The van der Waals surface area contributed by atoms with Crippen LogP contribution in [-0.2, 0) is 4.74 Å². The highest BCUT2D eigenvalue weighted by Gasteiger charge is 2.40. The minimum absolute atomic E-state index is 0.112. The quantitative estimate of drug-likeness (QED) is 0.874. The Hall–Kier alpha value is -1.24. The summed E-state index contributed by atoms with van der Waals surface area (Å²) in [6.07, 6.45) is 5.98. The summed E-state index contributed by atoms with van der Waals surface area (Å²) in [6, 6.07) is 1.85. The van der Waals surface area contributed by atoms with Gasteiger partial charge in [-0.15, -0.1) is 0 Å². The summed E-state index contributed by atoms with van der Waals surface area (Å²) in [6.45, 7) is 7.63. The molecule has 2 saturated heterocycles. The van der Waals surface area contributed by atoms with Gasteiger partial charge in [0.25, 0.3) is 0 Å². The first-order valence-electron chi connectivity index (χ1n) is 7.82. The fraction of sp³-hybridized carbons (Fsp3) is 0.733. The standard InChI is InChI=1S/C15H25N5O/c1-13-11-15(12-16,3-10-21-13)20-8-6-19(7-9-20)14-17-4-2-5-18-14/h2,4-5,13H,3,6-12,16H2,1H3. The molecule has 21 heavy (non-hydrogen) atoms. The van der Waals surface area contributed by atoms with E-state index in [-0.39, 0.29) is 5.54 Å². The number of anilines is 1. The maximum absolute atomic E-state index is 6.14. The molecule has 0 aliphatic carbocycles. The van der Waals surface area contributed by atoms with Gasteiger partial charge in [-0.3, -0.25) is 4.90 Å². The molecule has 2 N–H and O–H groups in total. The third-order valence-corrected chi connectivity index (χ3v) is 4.80. The Morgan fingerprint density at radius 3 is 2.62 bits per heavy atom. The van der Waals surface area contributed by atoms with Gasteiger partial charge in [-0.05, 0) is 25.8 Å². The van der Waals surface area contributed by atoms with Gasteiger partial charge in [0.2, 0.25) is 5.95 Å². The van der Waals surface area contributed by atoms with Gasteiger partial charge in [0, 0.05) is 57.3 Å². The van der Waals surface area contributed by atoms with Gasteiger partial charge in [-0.1, -0.05) is 0 Å². The number of nitrogens with zero attached hydrogens (tertiary/aromatic N) is 4. The topological polar surface area (TPSA) is 67.5 Å². The van der Waals surface area contributed by atoms with Crippen molar-refractivity contribution in [2.45, 2.75) is 31.4 Å². The van der Waals surface area contributed by atoms with E-state index in [1.165, 1.54) is 0 Å². The summed E-state index contributed by atoms with van der Waals surface area (Å²) in [5, 5.41) is 0. The number of hydrogen-bond donors (Lipinski definition) is 1. The Morgan fingerprint density at radius 2 is 2.00 bits per heavy atom. The number of rotatable bonds is 3. The highest BCUT2D eigenvalue weighted by molar-refractivity contribution is 5.29. The Balaban J connectivity index is 1.64. The SMILES string of the molecule is CC1CC(CN)(N2CCN(c3ncccn3)CC2)CCO1. The van der Waals surface area contributed by atoms with E-state index in [1.54, 1.807) is 12.4 Å². The van der Waals surface area contributed by atoms with E-state index >= 15 is 0 Å². The van der Waals surface area contributed by atoms with Crippen molar-refractivity contribution in [1.82, 2.24) is 14.9 Å². The van der Waals surface area contributed by atoms with Crippen LogP contribution < -0.4 is 10.6 Å². The van der Waals surface area contributed by atoms with Crippen LogP contribution in [0.5, 0.6) is 0 Å². The second-order valence-corrected chi connectivity index (χ2v) is 6.09. The normalized spacial score (nSPS) is 31.3. The molecule has 6 nitrogen and oxygen atoms in total. The zero-order chi connectivity index (χ0) is 14.7. The van der Waals surface area contributed by atoms with E-state index in [1.807, 2.05) is 6.07 Å². The van der Waals surface area contributed by atoms with Crippen molar-refractivity contribution in [3.63, 3.8) is 0 Å². The molecule has 3 rings (SSSR count). The van der Waals surface area contributed by atoms with E-state index < -0.39 is 0 Å². The zero-order valence-corrected chi connectivity index (χ0v) is 12.7. The van der Waals surface area contributed by atoms with Crippen LogP contribution in [0, 0.1) is 0 Å². The maximum Gasteiger partial charge on any atom is 0.225 e. The average molecular weight is 291 g/mol. The third kappa shape index (κ3) is 3.02. The fourth-order valence-corrected chi connectivity index (χ4v) is 3.58. The van der Waals surface area contributed by atoms with E-state index in [0.717, 1.165) is 51.6 Å². The summed E-state index contributed by atoms with van der Waals surface area (Å²) in [7, 11) is 0. The van der Waals surface area contributed by atoms with Crippen molar-refractivity contribution >= 4 is 5.95 Å². The highest BCUT2D eigenvalue weighted by atomic mass is 16.5. The van der Waals surface area contributed by atoms with Gasteiger partial charge in [-0.2, -0.15) is 0 Å². The largest absolute Gasteiger partial charge is 0.378 e. The van der Waals surface area contributed by atoms with E-state index in [0.29, 0.717) is 12.6 Å². The Morgan fingerprint density at radius 1 is 1.29 bits per heavy atom. The summed E-state index contributed by atoms with van der Waals surface area (Å²) >= 11 is 0. The predicted octanol–water partition coefficient (Wildman–Crippen LogP) is 0.495. The lowest BCUT2D eigenvalue weighted by molar-refractivity contribution is -0.0651. The molecule has 0 bridgehead atoms. The van der Waals surface area contributed by atoms with Crippen LogP contribution >= 0.6 is 0 Å². The first-order chi connectivity index (χ1) is 10.2. The lowest BCUT2D eigenvalue weighted by Gasteiger charge is -2.50. The van der Waals surface area contributed by atoms with Crippen molar-refractivity contribution in [2.75, 3.05) is 44.2 Å². The molecule has 1 aromatic rings. The number of aromatic nitrogens is 2. The number of nitrogens with two attached hydrogens (primary N) is 1. The van der Waals surface area contributed by atoms with Crippen LogP contribution in [0.25, 0.3) is 0 Å². The molecular formula is C15H25N5O. The lowest BCUT2D eigenvalue weighted by atomic mass is 9.84. The maximum atomic E-state index is 6.14. The summed E-state index contributed by atoms with van der Waals surface area (Å²) in [4.78, 5) is 13.5. The molecule has 116 valence electrons. The molecule has 0 radical (unpaired) electrons. The molecule has 3 heterocycles. The van der Waals surface area contributed by atoms with Crippen LogP contribution in [0.3, 0.4) is 0 Å². The third-order valence-electron chi connectivity index (χ3n) is 4.80. The second-order valence-electron chi connectivity index (χ2n) is 6.09. The monoisotopic (exact) mass is 291 g/mol. The van der Waals surface area contributed by atoms with Crippen LogP contribution in [0.2, 0.25) is 0 Å². The van der Waals surface area contributed by atoms with Crippen LogP contribution in [-0.4, -0.2) is 65.8 Å². The molecule has 0 spiro atoms. The molecule has 0 aromatic carbocycles. The lowest BCUT2D eigenvalue weighted by Crippen LogP contribution is -2.63. The molecule has 2 atom stereocenters. The first kappa shape index (κ1) is 14.7. The predicted molar refractivity (Wildman–Crippen MR) is 82.3 cm³/mol. The number of hydrogen-bond acceptors (Lipinski definition) is 6. The molecule has 2 aliphatic heterocycles. The molecule has 2 aliphatic rings. The van der Waals surface area contributed by atoms with Crippen molar-refractivity contribution in [1.29, 1.82) is 0 Å². The second kappa shape index (κ2) is 6.25. The number of ether oxygens (including phenoxy) is 1. The summed E-state index contributed by atoms with van der Waals surface area (Å²) in [5.74, 6) is 0.833. The minimum Gasteiger partial charge on any atom is -0.378 e. The van der Waals surface area contributed by atoms with Crippen LogP contribution in [0.1, 0.15) is 19.8 Å². The molecule has 0 saturated carbocycles. The van der Waals surface area contributed by atoms with Gasteiger partial charge in [-0.25, -0.2) is 9.97 Å². The number of piperazine rings is 1. The smallest absolute Gasteiger partial charge is 0.225 e. The van der Waals surface area contributed by atoms with Crippen molar-refractivity contribution < 1.29 is 4.74 Å². The molecule has 2 unspecified atom stereocenters. The van der Waals surface area contributed by atoms with Gasteiger partial charge in [0.15, 0.2) is 0 Å². The first-order valence-corrected chi connectivity index (χ1v) is 7.82. The van der Waals surface area contributed by atoms with Gasteiger partial charge in [0.1, 0.15) is 0 Å². The van der Waals surface area contributed by atoms with E-state index in [4.69, 9.17) is 10.5 Å². The molecule has 2 fully saturated rings. The van der Waals surface area contributed by atoms with Crippen molar-refractivity contribution in [2.24, 2.45) is 5.73 Å². The van der Waals surface area contributed by atoms with Crippen molar-refractivity contribution in [3.8, 4) is 0 Å². The van der Waals surface area contributed by atoms with E-state index in [2.05, 4.69) is 26.7 Å². The van der Waals surface area contributed by atoms with Crippen molar-refractivity contribution in [3.05, 3.63) is 18.5 Å². The Kier molecular flexibility index (Phi) is 4.37. The molecule has 0 amide bonds. The average Bonchev–Trinajstić information content (AvgIpc) is 2.56. The highest BCUT2D eigenvalue weighted by Crippen LogP contribution is 2.31. The zero-order valence-electron chi connectivity index (χ0n) is 12.7.